The third kappa shape index (κ3) is 3.63. The van der Waals surface area contributed by atoms with Crippen LogP contribution in [0.5, 0.6) is 0 Å². The molecule has 0 heterocycles. The Morgan fingerprint density at radius 1 is 1.00 bits per heavy atom. The van der Waals surface area contributed by atoms with E-state index < -0.39 is 0 Å². The van der Waals surface area contributed by atoms with E-state index in [1.807, 2.05) is 31.2 Å². The van der Waals surface area contributed by atoms with Gasteiger partial charge in [0.15, 0.2) is 0 Å². The molecule has 1 unspecified atom stereocenters. The van der Waals surface area contributed by atoms with E-state index >= 15 is 0 Å². The molecule has 0 spiro atoms. The molecule has 0 amide bonds. The first-order valence-electron chi connectivity index (χ1n) is 6.34. The van der Waals surface area contributed by atoms with Crippen molar-refractivity contribution < 1.29 is 9.13 Å². The van der Waals surface area contributed by atoms with Gasteiger partial charge in [-0.25, -0.2) is 4.39 Å². The minimum Gasteiger partial charge on any atom is -0.367 e. The SMILES string of the molecule is Cc1ccc(C(OCCN)c2ccc(F)cc2)cc1. The van der Waals surface area contributed by atoms with Crippen LogP contribution in [0.3, 0.4) is 0 Å². The molecule has 19 heavy (non-hydrogen) atoms. The number of nitrogens with two attached hydrogens (primary N) is 1. The monoisotopic (exact) mass is 259 g/mol. The maximum absolute atomic E-state index is 13.0. The molecule has 0 aliphatic heterocycles. The van der Waals surface area contributed by atoms with Crippen molar-refractivity contribution in [2.75, 3.05) is 13.2 Å². The first-order valence-corrected chi connectivity index (χ1v) is 6.34. The van der Waals surface area contributed by atoms with Gasteiger partial charge in [-0.15, -0.1) is 0 Å². The van der Waals surface area contributed by atoms with Gasteiger partial charge in [-0.1, -0.05) is 42.0 Å². The summed E-state index contributed by atoms with van der Waals surface area (Å²) in [5, 5.41) is 0. The number of benzene rings is 2. The van der Waals surface area contributed by atoms with Crippen LogP contribution < -0.4 is 5.73 Å². The lowest BCUT2D eigenvalue weighted by Crippen LogP contribution is -2.13. The van der Waals surface area contributed by atoms with Crippen molar-refractivity contribution in [3.05, 3.63) is 71.0 Å². The molecule has 0 aliphatic rings. The van der Waals surface area contributed by atoms with Gasteiger partial charge in [-0.3, -0.25) is 0 Å². The number of halogens is 1. The molecule has 0 radical (unpaired) electrons. The van der Waals surface area contributed by atoms with Crippen molar-refractivity contribution in [1.29, 1.82) is 0 Å². The van der Waals surface area contributed by atoms with Crippen LogP contribution in [-0.4, -0.2) is 13.2 Å². The highest BCUT2D eigenvalue weighted by Gasteiger charge is 2.14. The van der Waals surface area contributed by atoms with Crippen molar-refractivity contribution >= 4 is 0 Å². The average molecular weight is 259 g/mol. The van der Waals surface area contributed by atoms with Crippen LogP contribution in [0.4, 0.5) is 4.39 Å². The molecular formula is C16H18FNO. The topological polar surface area (TPSA) is 35.2 Å². The highest BCUT2D eigenvalue weighted by Crippen LogP contribution is 2.26. The standard InChI is InChI=1S/C16H18FNO/c1-12-2-4-13(5-3-12)16(19-11-10-18)14-6-8-15(17)9-7-14/h2-9,16H,10-11,18H2,1H3. The Hall–Kier alpha value is -1.71. The van der Waals surface area contributed by atoms with E-state index in [4.69, 9.17) is 10.5 Å². The molecule has 2 nitrogen and oxygen atoms in total. The molecule has 1 atom stereocenters. The second kappa shape index (κ2) is 6.45. The molecule has 3 heteroatoms. The Kier molecular flexibility index (Phi) is 4.66. The number of hydrogen-bond acceptors (Lipinski definition) is 2. The minimum atomic E-state index is -0.245. The molecular weight excluding hydrogens is 241 g/mol. The zero-order chi connectivity index (χ0) is 13.7. The molecule has 2 N–H and O–H groups in total. The first-order chi connectivity index (χ1) is 9.20. The minimum absolute atomic E-state index is 0.204. The van der Waals surface area contributed by atoms with Crippen molar-refractivity contribution in [2.45, 2.75) is 13.0 Å². The summed E-state index contributed by atoms with van der Waals surface area (Å²) >= 11 is 0. The van der Waals surface area contributed by atoms with Crippen molar-refractivity contribution in [1.82, 2.24) is 0 Å². The summed E-state index contributed by atoms with van der Waals surface area (Å²) in [5.41, 5.74) is 8.67. The second-order valence-corrected chi connectivity index (χ2v) is 4.50. The molecule has 0 saturated heterocycles. The number of ether oxygens (including phenoxy) is 1. The summed E-state index contributed by atoms with van der Waals surface area (Å²) in [6.45, 7) is 2.97. The van der Waals surface area contributed by atoms with Gasteiger partial charge in [0, 0.05) is 6.54 Å². The van der Waals surface area contributed by atoms with Crippen LogP contribution >= 0.6 is 0 Å². The van der Waals surface area contributed by atoms with Crippen LogP contribution in [0.1, 0.15) is 22.8 Å². The van der Waals surface area contributed by atoms with Gasteiger partial charge < -0.3 is 10.5 Å². The summed E-state index contributed by atoms with van der Waals surface area (Å²) in [6, 6.07) is 14.5. The molecule has 0 bridgehead atoms. The van der Waals surface area contributed by atoms with E-state index in [0.29, 0.717) is 13.2 Å². The van der Waals surface area contributed by atoms with Gasteiger partial charge in [-0.05, 0) is 30.2 Å². The molecule has 2 aromatic carbocycles. The van der Waals surface area contributed by atoms with Gasteiger partial charge in [-0.2, -0.15) is 0 Å². The summed E-state index contributed by atoms with van der Waals surface area (Å²) in [5.74, 6) is -0.245. The van der Waals surface area contributed by atoms with E-state index in [1.165, 1.54) is 17.7 Å². The summed E-state index contributed by atoms with van der Waals surface area (Å²) < 4.78 is 18.8. The van der Waals surface area contributed by atoms with Crippen LogP contribution in [0.25, 0.3) is 0 Å². The fourth-order valence-electron chi connectivity index (χ4n) is 1.95. The Morgan fingerprint density at radius 2 is 1.53 bits per heavy atom. The average Bonchev–Trinajstić information content (AvgIpc) is 2.43. The highest BCUT2D eigenvalue weighted by molar-refractivity contribution is 5.32. The van der Waals surface area contributed by atoms with Crippen molar-refractivity contribution in [3.8, 4) is 0 Å². The van der Waals surface area contributed by atoms with E-state index in [9.17, 15) is 4.39 Å². The maximum Gasteiger partial charge on any atom is 0.123 e. The van der Waals surface area contributed by atoms with Gasteiger partial charge in [0.25, 0.3) is 0 Å². The van der Waals surface area contributed by atoms with E-state index in [-0.39, 0.29) is 11.9 Å². The lowest BCUT2D eigenvalue weighted by atomic mass is 10.0. The fourth-order valence-corrected chi connectivity index (χ4v) is 1.95. The van der Waals surface area contributed by atoms with E-state index in [2.05, 4.69) is 0 Å². The van der Waals surface area contributed by atoms with Gasteiger partial charge >= 0.3 is 0 Å². The molecule has 0 saturated carbocycles. The number of rotatable bonds is 5. The van der Waals surface area contributed by atoms with Crippen LogP contribution in [0.15, 0.2) is 48.5 Å². The zero-order valence-electron chi connectivity index (χ0n) is 11.0. The maximum atomic E-state index is 13.0. The molecule has 0 aliphatic carbocycles. The lowest BCUT2D eigenvalue weighted by molar-refractivity contribution is 0.0864. The van der Waals surface area contributed by atoms with Crippen molar-refractivity contribution in [3.63, 3.8) is 0 Å². The summed E-state index contributed by atoms with van der Waals surface area (Å²) in [7, 11) is 0. The third-order valence-corrected chi connectivity index (χ3v) is 2.96. The normalized spacial score (nSPS) is 12.4. The molecule has 100 valence electrons. The Morgan fingerprint density at radius 3 is 2.05 bits per heavy atom. The fraction of sp³-hybridized carbons (Fsp3) is 0.250. The predicted molar refractivity (Wildman–Crippen MR) is 74.4 cm³/mol. The van der Waals surface area contributed by atoms with Gasteiger partial charge in [0.1, 0.15) is 11.9 Å². The Labute approximate surface area is 113 Å². The summed E-state index contributed by atoms with van der Waals surface area (Å²) in [4.78, 5) is 0. The highest BCUT2D eigenvalue weighted by atomic mass is 19.1. The van der Waals surface area contributed by atoms with Gasteiger partial charge in [0.2, 0.25) is 0 Å². The Balaban J connectivity index is 2.29. The van der Waals surface area contributed by atoms with E-state index in [1.54, 1.807) is 12.1 Å². The third-order valence-electron chi connectivity index (χ3n) is 2.96. The quantitative estimate of drug-likeness (QED) is 0.895. The first kappa shape index (κ1) is 13.7. The molecule has 0 fully saturated rings. The lowest BCUT2D eigenvalue weighted by Gasteiger charge is -2.19. The molecule has 2 rings (SSSR count). The van der Waals surface area contributed by atoms with Crippen LogP contribution in [0.2, 0.25) is 0 Å². The zero-order valence-corrected chi connectivity index (χ0v) is 11.0. The molecule has 2 aromatic rings. The second-order valence-electron chi connectivity index (χ2n) is 4.50. The number of aryl methyl sites for hydroxylation is 1. The smallest absolute Gasteiger partial charge is 0.123 e. The van der Waals surface area contributed by atoms with E-state index in [0.717, 1.165) is 11.1 Å². The molecule has 0 aromatic heterocycles. The predicted octanol–water partition coefficient (Wildman–Crippen LogP) is 3.20. The van der Waals surface area contributed by atoms with Crippen LogP contribution in [0, 0.1) is 12.7 Å². The largest absolute Gasteiger partial charge is 0.367 e. The summed E-state index contributed by atoms with van der Waals surface area (Å²) in [6.07, 6.45) is -0.204. The number of hydrogen-bond donors (Lipinski definition) is 1. The Bertz CT molecular complexity index is 462. The van der Waals surface area contributed by atoms with Gasteiger partial charge in [0.05, 0.1) is 6.61 Å². The van der Waals surface area contributed by atoms with Crippen LogP contribution in [-0.2, 0) is 4.74 Å². The van der Waals surface area contributed by atoms with Crippen molar-refractivity contribution in [2.24, 2.45) is 5.73 Å².